The Bertz CT molecular complexity index is 652. The van der Waals surface area contributed by atoms with Crippen LogP contribution in [0.4, 0.5) is 10.5 Å². The molecular formula is C17H24N4O4. The van der Waals surface area contributed by atoms with E-state index in [0.717, 1.165) is 0 Å². The number of rotatable bonds is 3. The fourth-order valence-electron chi connectivity index (χ4n) is 2.33. The molecule has 1 aliphatic heterocycles. The minimum absolute atomic E-state index is 0.118. The number of hydrogen-bond acceptors (Lipinski definition) is 4. The van der Waals surface area contributed by atoms with Crippen LogP contribution in [0.15, 0.2) is 24.3 Å². The molecule has 136 valence electrons. The van der Waals surface area contributed by atoms with Crippen molar-refractivity contribution in [2.24, 2.45) is 5.73 Å². The Kier molecular flexibility index (Phi) is 5.63. The number of benzene rings is 1. The molecule has 0 aromatic heterocycles. The number of primary amides is 1. The Labute approximate surface area is 146 Å². The lowest BCUT2D eigenvalue weighted by Gasteiger charge is -2.31. The number of urea groups is 1. The summed E-state index contributed by atoms with van der Waals surface area (Å²) < 4.78 is 5.21. The van der Waals surface area contributed by atoms with Gasteiger partial charge in [-0.2, -0.15) is 0 Å². The third-order valence-corrected chi connectivity index (χ3v) is 3.56. The van der Waals surface area contributed by atoms with Crippen LogP contribution in [0, 0.1) is 0 Å². The minimum Gasteiger partial charge on any atom is -0.367 e. The number of nitrogens with zero attached hydrogens (tertiary/aromatic N) is 1. The zero-order valence-electron chi connectivity index (χ0n) is 14.7. The monoisotopic (exact) mass is 348 g/mol. The van der Waals surface area contributed by atoms with Crippen LogP contribution in [-0.4, -0.2) is 54.1 Å². The highest BCUT2D eigenvalue weighted by atomic mass is 16.5. The molecule has 0 saturated carbocycles. The number of anilines is 1. The first-order valence-corrected chi connectivity index (χ1v) is 8.05. The van der Waals surface area contributed by atoms with Crippen molar-refractivity contribution in [3.63, 3.8) is 0 Å². The summed E-state index contributed by atoms with van der Waals surface area (Å²) in [6.45, 7) is 6.46. The van der Waals surface area contributed by atoms with E-state index in [1.54, 1.807) is 24.3 Å². The van der Waals surface area contributed by atoms with Gasteiger partial charge in [0.2, 0.25) is 5.91 Å². The van der Waals surface area contributed by atoms with Gasteiger partial charge in [0.25, 0.3) is 5.91 Å². The van der Waals surface area contributed by atoms with Gasteiger partial charge in [0.15, 0.2) is 6.10 Å². The van der Waals surface area contributed by atoms with E-state index in [-0.39, 0.29) is 30.6 Å². The number of nitrogens with one attached hydrogen (secondary N) is 2. The van der Waals surface area contributed by atoms with Crippen molar-refractivity contribution in [2.45, 2.75) is 32.4 Å². The van der Waals surface area contributed by atoms with Crippen LogP contribution >= 0.6 is 0 Å². The maximum absolute atomic E-state index is 12.3. The fraction of sp³-hybridized carbons (Fsp3) is 0.471. The molecule has 8 heteroatoms. The van der Waals surface area contributed by atoms with E-state index in [2.05, 4.69) is 10.6 Å². The summed E-state index contributed by atoms with van der Waals surface area (Å²) in [5, 5.41) is 5.60. The molecule has 1 saturated heterocycles. The number of carbonyl (C=O) groups is 3. The number of hydrogen-bond donors (Lipinski definition) is 3. The van der Waals surface area contributed by atoms with E-state index in [1.165, 1.54) is 4.90 Å². The van der Waals surface area contributed by atoms with Gasteiger partial charge in [0, 0.05) is 23.3 Å². The average molecular weight is 348 g/mol. The molecule has 8 nitrogen and oxygen atoms in total. The zero-order chi connectivity index (χ0) is 18.6. The molecule has 0 spiro atoms. The van der Waals surface area contributed by atoms with Crippen molar-refractivity contribution in [1.82, 2.24) is 10.2 Å². The highest BCUT2D eigenvalue weighted by Gasteiger charge is 2.27. The van der Waals surface area contributed by atoms with Crippen LogP contribution < -0.4 is 16.4 Å². The summed E-state index contributed by atoms with van der Waals surface area (Å²) in [4.78, 5) is 37.0. The van der Waals surface area contributed by atoms with E-state index < -0.39 is 12.0 Å². The molecule has 1 fully saturated rings. The first-order chi connectivity index (χ1) is 11.7. The molecule has 1 aromatic rings. The number of morpholine rings is 1. The van der Waals surface area contributed by atoms with Crippen LogP contribution in [-0.2, 0) is 9.53 Å². The predicted molar refractivity (Wildman–Crippen MR) is 93.2 cm³/mol. The van der Waals surface area contributed by atoms with Gasteiger partial charge in [-0.05, 0) is 45.0 Å². The van der Waals surface area contributed by atoms with Gasteiger partial charge in [-0.15, -0.1) is 0 Å². The molecule has 2 rings (SSSR count). The minimum atomic E-state index is -0.789. The number of carbonyl (C=O) groups excluding carboxylic acids is 3. The quantitative estimate of drug-likeness (QED) is 0.754. The lowest BCUT2D eigenvalue weighted by Crippen LogP contribution is -2.51. The summed E-state index contributed by atoms with van der Waals surface area (Å²) >= 11 is 0. The largest absolute Gasteiger partial charge is 0.367 e. The van der Waals surface area contributed by atoms with Gasteiger partial charge in [0.05, 0.1) is 13.2 Å². The van der Waals surface area contributed by atoms with E-state index in [4.69, 9.17) is 10.5 Å². The van der Waals surface area contributed by atoms with Gasteiger partial charge < -0.3 is 26.0 Å². The SMILES string of the molecule is CC(C)(C)NC(=O)c1ccc(NC(=O)N2CCO[C@H](C(N)=O)C2)cc1. The Morgan fingerprint density at radius 2 is 1.84 bits per heavy atom. The van der Waals surface area contributed by atoms with Gasteiger partial charge in [-0.1, -0.05) is 0 Å². The van der Waals surface area contributed by atoms with E-state index in [0.29, 0.717) is 17.8 Å². The van der Waals surface area contributed by atoms with E-state index in [9.17, 15) is 14.4 Å². The zero-order valence-corrected chi connectivity index (χ0v) is 14.7. The molecule has 4 N–H and O–H groups in total. The Morgan fingerprint density at radius 3 is 2.40 bits per heavy atom. The molecule has 0 radical (unpaired) electrons. The molecule has 1 aromatic carbocycles. The van der Waals surface area contributed by atoms with Gasteiger partial charge in [0.1, 0.15) is 0 Å². The molecule has 0 bridgehead atoms. The normalized spacial score (nSPS) is 17.7. The first kappa shape index (κ1) is 18.7. The van der Waals surface area contributed by atoms with Gasteiger partial charge >= 0.3 is 6.03 Å². The second-order valence-electron chi connectivity index (χ2n) is 6.92. The summed E-state index contributed by atoms with van der Waals surface area (Å²) in [6, 6.07) is 6.24. The van der Waals surface area contributed by atoms with Crippen molar-refractivity contribution >= 4 is 23.5 Å². The maximum Gasteiger partial charge on any atom is 0.322 e. The molecule has 4 amide bonds. The van der Waals surface area contributed by atoms with Gasteiger partial charge in [-0.3, -0.25) is 9.59 Å². The summed E-state index contributed by atoms with van der Waals surface area (Å²) in [7, 11) is 0. The number of amides is 4. The smallest absolute Gasteiger partial charge is 0.322 e. The number of nitrogens with two attached hydrogens (primary N) is 1. The summed E-state index contributed by atoms with van der Waals surface area (Å²) in [5.74, 6) is -0.769. The molecular weight excluding hydrogens is 324 g/mol. The van der Waals surface area contributed by atoms with Crippen molar-refractivity contribution in [2.75, 3.05) is 25.0 Å². The highest BCUT2D eigenvalue weighted by Crippen LogP contribution is 2.13. The lowest BCUT2D eigenvalue weighted by molar-refractivity contribution is -0.133. The number of ether oxygens (including phenoxy) is 1. The average Bonchev–Trinajstić information content (AvgIpc) is 2.54. The molecule has 1 heterocycles. The molecule has 1 aliphatic rings. The van der Waals surface area contributed by atoms with Crippen LogP contribution in [0.3, 0.4) is 0 Å². The first-order valence-electron chi connectivity index (χ1n) is 8.05. The van der Waals surface area contributed by atoms with E-state index >= 15 is 0 Å². The fourth-order valence-corrected chi connectivity index (χ4v) is 2.33. The second-order valence-corrected chi connectivity index (χ2v) is 6.92. The third kappa shape index (κ3) is 5.46. The molecule has 0 aliphatic carbocycles. The topological polar surface area (TPSA) is 114 Å². The highest BCUT2D eigenvalue weighted by molar-refractivity contribution is 5.96. The Balaban J connectivity index is 1.95. The predicted octanol–water partition coefficient (Wildman–Crippen LogP) is 0.933. The molecule has 25 heavy (non-hydrogen) atoms. The van der Waals surface area contributed by atoms with Gasteiger partial charge in [-0.25, -0.2) is 4.79 Å². The summed E-state index contributed by atoms with van der Waals surface area (Å²) in [6.07, 6.45) is -0.789. The van der Waals surface area contributed by atoms with Crippen LogP contribution in [0.1, 0.15) is 31.1 Å². The summed E-state index contributed by atoms with van der Waals surface area (Å²) in [5.41, 5.74) is 5.95. The van der Waals surface area contributed by atoms with Crippen molar-refractivity contribution in [3.8, 4) is 0 Å². The van der Waals surface area contributed by atoms with Crippen LogP contribution in [0.25, 0.3) is 0 Å². The molecule has 1 atom stereocenters. The van der Waals surface area contributed by atoms with Crippen molar-refractivity contribution < 1.29 is 19.1 Å². The lowest BCUT2D eigenvalue weighted by atomic mass is 10.1. The van der Waals surface area contributed by atoms with Crippen molar-refractivity contribution in [1.29, 1.82) is 0 Å². The van der Waals surface area contributed by atoms with Crippen LogP contribution in [0.2, 0.25) is 0 Å². The maximum atomic E-state index is 12.3. The Morgan fingerprint density at radius 1 is 1.20 bits per heavy atom. The second kappa shape index (κ2) is 7.52. The van der Waals surface area contributed by atoms with E-state index in [1.807, 2.05) is 20.8 Å². The third-order valence-electron chi connectivity index (χ3n) is 3.56. The van der Waals surface area contributed by atoms with Crippen molar-refractivity contribution in [3.05, 3.63) is 29.8 Å². The van der Waals surface area contributed by atoms with Crippen LogP contribution in [0.5, 0.6) is 0 Å². The standard InChI is InChI=1S/C17H24N4O4/c1-17(2,3)20-15(23)11-4-6-12(7-5-11)19-16(24)21-8-9-25-13(10-21)14(18)22/h4-7,13H,8-10H2,1-3H3,(H2,18,22)(H,19,24)(H,20,23)/t13-/m0/s1. The Hall–Kier alpha value is -2.61. The molecule has 0 unspecified atom stereocenters.